The summed E-state index contributed by atoms with van der Waals surface area (Å²) in [6.07, 6.45) is -0.0606. The van der Waals surface area contributed by atoms with Gasteiger partial charge in [0.05, 0.1) is 17.6 Å². The minimum atomic E-state index is -0.0606. The van der Waals surface area contributed by atoms with Crippen molar-refractivity contribution >= 4 is 27.3 Å². The van der Waals surface area contributed by atoms with Crippen molar-refractivity contribution in [3.8, 4) is 0 Å². The molecule has 0 aliphatic carbocycles. The zero-order valence-corrected chi connectivity index (χ0v) is 14.4. The Kier molecular flexibility index (Phi) is 5.27. The quantitative estimate of drug-likeness (QED) is 0.877. The molecule has 124 valence electrons. The minimum Gasteiger partial charge on any atom is -0.371 e. The van der Waals surface area contributed by atoms with Gasteiger partial charge in [-0.1, -0.05) is 18.2 Å². The highest BCUT2D eigenvalue weighted by molar-refractivity contribution is 7.21. The molecule has 0 saturated carbocycles. The number of fused-ring (bicyclic) bond motifs is 1. The molecule has 5 nitrogen and oxygen atoms in total. The first-order chi connectivity index (χ1) is 11.2. The molecule has 0 spiro atoms. The Balaban J connectivity index is 1.90. The van der Waals surface area contributed by atoms with Crippen LogP contribution in [0.4, 0.5) is 0 Å². The van der Waals surface area contributed by atoms with Crippen molar-refractivity contribution in [2.45, 2.75) is 6.10 Å². The summed E-state index contributed by atoms with van der Waals surface area (Å²) in [5, 5.41) is 7.51. The number of benzene rings is 1. The van der Waals surface area contributed by atoms with Gasteiger partial charge in [0.15, 0.2) is 0 Å². The Morgan fingerprint density at radius 2 is 2.26 bits per heavy atom. The highest BCUT2D eigenvalue weighted by Gasteiger charge is 2.26. The van der Waals surface area contributed by atoms with Crippen LogP contribution >= 0.6 is 11.3 Å². The van der Waals surface area contributed by atoms with Crippen molar-refractivity contribution in [2.24, 2.45) is 0 Å². The van der Waals surface area contributed by atoms with Gasteiger partial charge in [-0.3, -0.25) is 4.79 Å². The molecular weight excluding hydrogens is 310 g/mol. The van der Waals surface area contributed by atoms with Crippen molar-refractivity contribution in [1.82, 2.24) is 15.5 Å². The van der Waals surface area contributed by atoms with Gasteiger partial charge in [0.2, 0.25) is 0 Å². The minimum absolute atomic E-state index is 0.00257. The standard InChI is InChI=1S/C17H23N3O2S/c1-20(2)9-7-19-17(21)16-15(13-11-18-8-10-22-13)12-5-3-4-6-14(12)23-16/h3-6,13,18H,7-11H2,1-2H3,(H,19,21). The van der Waals surface area contributed by atoms with Gasteiger partial charge in [-0.15, -0.1) is 11.3 Å². The third kappa shape index (κ3) is 3.72. The van der Waals surface area contributed by atoms with Gasteiger partial charge >= 0.3 is 0 Å². The fourth-order valence-corrected chi connectivity index (χ4v) is 3.95. The smallest absolute Gasteiger partial charge is 0.261 e. The fraction of sp³-hybridized carbons (Fsp3) is 0.471. The number of ether oxygens (including phenoxy) is 1. The molecular formula is C17H23N3O2S. The van der Waals surface area contributed by atoms with Crippen molar-refractivity contribution in [3.63, 3.8) is 0 Å². The Bertz CT molecular complexity index is 678. The van der Waals surface area contributed by atoms with E-state index in [9.17, 15) is 4.79 Å². The number of likely N-dealkylation sites (N-methyl/N-ethyl adjacent to an activating group) is 1. The number of hydrogen-bond acceptors (Lipinski definition) is 5. The lowest BCUT2D eigenvalue weighted by Crippen LogP contribution is -2.35. The maximum Gasteiger partial charge on any atom is 0.261 e. The van der Waals surface area contributed by atoms with Gasteiger partial charge in [-0.05, 0) is 25.5 Å². The average Bonchev–Trinajstić information content (AvgIpc) is 2.95. The SMILES string of the molecule is CN(C)CCNC(=O)c1sc2ccccc2c1C1CNCCO1. The molecule has 1 atom stereocenters. The lowest BCUT2D eigenvalue weighted by molar-refractivity contribution is 0.0282. The Morgan fingerprint density at radius 3 is 3.00 bits per heavy atom. The number of thiophene rings is 1. The van der Waals surface area contributed by atoms with Crippen molar-refractivity contribution in [3.05, 3.63) is 34.7 Å². The third-order valence-corrected chi connectivity index (χ3v) is 5.12. The topological polar surface area (TPSA) is 53.6 Å². The summed E-state index contributed by atoms with van der Waals surface area (Å²) in [7, 11) is 4.00. The molecule has 2 heterocycles. The summed E-state index contributed by atoms with van der Waals surface area (Å²) in [6, 6.07) is 8.17. The first-order valence-corrected chi connectivity index (χ1v) is 8.75. The van der Waals surface area contributed by atoms with E-state index >= 15 is 0 Å². The van der Waals surface area contributed by atoms with E-state index < -0.39 is 0 Å². The first-order valence-electron chi connectivity index (χ1n) is 7.93. The molecule has 1 unspecified atom stereocenters. The second kappa shape index (κ2) is 7.40. The molecule has 1 fully saturated rings. The molecule has 1 aromatic heterocycles. The average molecular weight is 333 g/mol. The highest BCUT2D eigenvalue weighted by Crippen LogP contribution is 2.37. The Hall–Kier alpha value is -1.47. The number of amides is 1. The van der Waals surface area contributed by atoms with Gasteiger partial charge in [0.25, 0.3) is 5.91 Å². The van der Waals surface area contributed by atoms with E-state index in [1.165, 1.54) is 0 Å². The van der Waals surface area contributed by atoms with E-state index in [-0.39, 0.29) is 12.0 Å². The second-order valence-electron chi connectivity index (χ2n) is 5.96. The van der Waals surface area contributed by atoms with Crippen LogP contribution in [0.3, 0.4) is 0 Å². The van der Waals surface area contributed by atoms with Gasteiger partial charge < -0.3 is 20.3 Å². The van der Waals surface area contributed by atoms with Gasteiger partial charge in [0.1, 0.15) is 0 Å². The first kappa shape index (κ1) is 16.4. The predicted octanol–water partition coefficient (Wildman–Crippen LogP) is 1.85. The van der Waals surface area contributed by atoms with Gasteiger partial charge in [-0.25, -0.2) is 0 Å². The molecule has 23 heavy (non-hydrogen) atoms. The lowest BCUT2D eigenvalue weighted by Gasteiger charge is -2.24. The van der Waals surface area contributed by atoms with Crippen LogP contribution in [0, 0.1) is 0 Å². The van der Waals surface area contributed by atoms with Gasteiger partial charge in [0, 0.05) is 36.4 Å². The van der Waals surface area contributed by atoms with Gasteiger partial charge in [-0.2, -0.15) is 0 Å². The Labute approximate surface area is 140 Å². The summed E-state index contributed by atoms with van der Waals surface area (Å²) in [4.78, 5) is 15.5. The number of carbonyl (C=O) groups excluding carboxylic acids is 1. The van der Waals surface area contributed by atoms with Crippen LogP contribution in [0.15, 0.2) is 24.3 Å². The lowest BCUT2D eigenvalue weighted by atomic mass is 10.0. The number of nitrogens with zero attached hydrogens (tertiary/aromatic N) is 1. The Morgan fingerprint density at radius 1 is 1.43 bits per heavy atom. The molecule has 3 rings (SSSR count). The molecule has 1 saturated heterocycles. The highest BCUT2D eigenvalue weighted by atomic mass is 32.1. The van der Waals surface area contributed by atoms with Crippen LogP contribution in [-0.4, -0.2) is 57.7 Å². The summed E-state index contributed by atoms with van der Waals surface area (Å²) in [5.74, 6) is -0.00257. The molecule has 1 aliphatic heterocycles. The van der Waals surface area contributed by atoms with Crippen molar-refractivity contribution in [1.29, 1.82) is 0 Å². The molecule has 1 amide bonds. The molecule has 0 radical (unpaired) electrons. The van der Waals surface area contributed by atoms with E-state index in [1.807, 2.05) is 26.2 Å². The maximum atomic E-state index is 12.7. The van der Waals surface area contributed by atoms with E-state index in [0.717, 1.165) is 40.2 Å². The molecule has 2 aromatic rings. The zero-order chi connectivity index (χ0) is 16.2. The number of nitrogens with one attached hydrogen (secondary N) is 2. The zero-order valence-electron chi connectivity index (χ0n) is 13.6. The van der Waals surface area contributed by atoms with Crippen LogP contribution in [0.2, 0.25) is 0 Å². The number of hydrogen-bond donors (Lipinski definition) is 2. The molecule has 6 heteroatoms. The van der Waals surface area contributed by atoms with E-state index in [0.29, 0.717) is 13.2 Å². The summed E-state index contributed by atoms with van der Waals surface area (Å²) >= 11 is 1.55. The summed E-state index contributed by atoms with van der Waals surface area (Å²) in [5.41, 5.74) is 1.03. The summed E-state index contributed by atoms with van der Waals surface area (Å²) < 4.78 is 7.05. The molecule has 2 N–H and O–H groups in total. The normalized spacial score (nSPS) is 18.5. The largest absolute Gasteiger partial charge is 0.371 e. The van der Waals surface area contributed by atoms with Crippen LogP contribution in [0.5, 0.6) is 0 Å². The van der Waals surface area contributed by atoms with E-state index in [1.54, 1.807) is 11.3 Å². The molecule has 0 bridgehead atoms. The number of morpholine rings is 1. The van der Waals surface area contributed by atoms with Crippen molar-refractivity contribution < 1.29 is 9.53 Å². The van der Waals surface area contributed by atoms with Crippen molar-refractivity contribution in [2.75, 3.05) is 46.9 Å². The second-order valence-corrected chi connectivity index (χ2v) is 7.02. The van der Waals surface area contributed by atoms with Crippen LogP contribution in [0.1, 0.15) is 21.3 Å². The fourth-order valence-electron chi connectivity index (χ4n) is 2.78. The van der Waals surface area contributed by atoms with Crippen LogP contribution in [-0.2, 0) is 4.74 Å². The van der Waals surface area contributed by atoms with E-state index in [4.69, 9.17) is 4.74 Å². The van der Waals surface area contributed by atoms with Crippen LogP contribution < -0.4 is 10.6 Å². The van der Waals surface area contributed by atoms with Crippen LogP contribution in [0.25, 0.3) is 10.1 Å². The maximum absolute atomic E-state index is 12.7. The van der Waals surface area contributed by atoms with E-state index in [2.05, 4.69) is 27.7 Å². The summed E-state index contributed by atoms with van der Waals surface area (Å²) in [6.45, 7) is 3.76. The molecule has 1 aliphatic rings. The third-order valence-electron chi connectivity index (χ3n) is 3.93. The predicted molar refractivity (Wildman–Crippen MR) is 94.3 cm³/mol. The monoisotopic (exact) mass is 333 g/mol. The number of carbonyl (C=O) groups is 1. The molecule has 1 aromatic carbocycles. The number of rotatable bonds is 5.